The van der Waals surface area contributed by atoms with Gasteiger partial charge in [0.05, 0.1) is 25.7 Å². The maximum absolute atomic E-state index is 12.6. The normalized spacial score (nSPS) is 22.3. The Kier molecular flexibility index (Phi) is 6.49. The van der Waals surface area contributed by atoms with Crippen LogP contribution in [-0.2, 0) is 24.0 Å². The van der Waals surface area contributed by atoms with Crippen LogP contribution in [0.25, 0.3) is 0 Å². The van der Waals surface area contributed by atoms with E-state index < -0.39 is 35.0 Å². The number of Topliss-reactive ketones (excluding diaryl/α,β-unsaturated/α-hetero) is 1. The number of ether oxygens (including phenoxy) is 1. The van der Waals surface area contributed by atoms with Crippen molar-refractivity contribution in [1.29, 1.82) is 0 Å². The standard InChI is InChI=1S/C16H25N3O6/c1-3-4-9-25-15(23)18-10-11(20)12-13(21)19(24-2)14(22)16(12)5-7-17-8-6-16/h12,17H,3-10H2,1-2H3,(H,18,23). The molecular weight excluding hydrogens is 330 g/mol. The van der Waals surface area contributed by atoms with Gasteiger partial charge in [0.1, 0.15) is 5.92 Å². The SMILES string of the molecule is CCCCOC(=O)NCC(=O)C1C(=O)N(OC)C(=O)C12CCNCC2. The summed E-state index contributed by atoms with van der Waals surface area (Å²) in [6.07, 6.45) is 1.65. The number of ketones is 1. The lowest BCUT2D eigenvalue weighted by atomic mass is 9.69. The molecule has 0 aromatic rings. The summed E-state index contributed by atoms with van der Waals surface area (Å²) in [7, 11) is 1.22. The molecule has 1 spiro atoms. The summed E-state index contributed by atoms with van der Waals surface area (Å²) in [5.41, 5.74) is -1.09. The molecule has 2 rings (SSSR count). The van der Waals surface area contributed by atoms with Gasteiger partial charge >= 0.3 is 6.09 Å². The largest absolute Gasteiger partial charge is 0.450 e. The van der Waals surface area contributed by atoms with Crippen molar-refractivity contribution in [3.63, 3.8) is 0 Å². The van der Waals surface area contributed by atoms with Crippen LogP contribution in [0.15, 0.2) is 0 Å². The average Bonchev–Trinajstić information content (AvgIpc) is 2.80. The van der Waals surface area contributed by atoms with Gasteiger partial charge in [-0.25, -0.2) is 4.79 Å². The van der Waals surface area contributed by atoms with Gasteiger partial charge in [0.15, 0.2) is 5.78 Å². The van der Waals surface area contributed by atoms with E-state index in [4.69, 9.17) is 9.57 Å². The van der Waals surface area contributed by atoms with E-state index in [0.29, 0.717) is 31.0 Å². The van der Waals surface area contributed by atoms with Gasteiger partial charge in [0.25, 0.3) is 11.8 Å². The number of hydrogen-bond donors (Lipinski definition) is 2. The number of unbranched alkanes of at least 4 members (excludes halogenated alkanes) is 1. The Hall–Kier alpha value is -2.00. The molecule has 9 nitrogen and oxygen atoms in total. The number of nitrogens with zero attached hydrogens (tertiary/aromatic N) is 1. The number of nitrogens with one attached hydrogen (secondary N) is 2. The lowest BCUT2D eigenvalue weighted by Gasteiger charge is -2.34. The van der Waals surface area contributed by atoms with E-state index in [1.54, 1.807) is 0 Å². The Morgan fingerprint density at radius 1 is 1.32 bits per heavy atom. The fourth-order valence-corrected chi connectivity index (χ4v) is 3.40. The molecule has 2 saturated heterocycles. The van der Waals surface area contributed by atoms with Gasteiger partial charge in [-0.1, -0.05) is 13.3 Å². The Labute approximate surface area is 146 Å². The highest BCUT2D eigenvalue weighted by atomic mass is 16.7. The lowest BCUT2D eigenvalue weighted by Crippen LogP contribution is -2.48. The van der Waals surface area contributed by atoms with Crippen molar-refractivity contribution in [3.8, 4) is 0 Å². The van der Waals surface area contributed by atoms with Gasteiger partial charge in [-0.05, 0) is 32.4 Å². The molecule has 0 saturated carbocycles. The van der Waals surface area contributed by atoms with Gasteiger partial charge in [-0.15, -0.1) is 0 Å². The second-order valence-electron chi connectivity index (χ2n) is 6.27. The number of hydrogen-bond acceptors (Lipinski definition) is 7. The summed E-state index contributed by atoms with van der Waals surface area (Å²) >= 11 is 0. The molecule has 0 aromatic carbocycles. The Morgan fingerprint density at radius 3 is 2.60 bits per heavy atom. The van der Waals surface area contributed by atoms with Crippen molar-refractivity contribution in [1.82, 2.24) is 15.7 Å². The van der Waals surface area contributed by atoms with Gasteiger partial charge in [0, 0.05) is 0 Å². The molecule has 2 aliphatic heterocycles. The van der Waals surface area contributed by atoms with Gasteiger partial charge in [-0.2, -0.15) is 5.06 Å². The van der Waals surface area contributed by atoms with Crippen molar-refractivity contribution in [2.75, 3.05) is 33.4 Å². The van der Waals surface area contributed by atoms with Crippen molar-refractivity contribution in [3.05, 3.63) is 0 Å². The predicted octanol–water partition coefficient (Wildman–Crippen LogP) is -0.00200. The predicted molar refractivity (Wildman–Crippen MR) is 86.2 cm³/mol. The molecule has 0 aliphatic carbocycles. The zero-order valence-corrected chi connectivity index (χ0v) is 14.6. The molecule has 2 heterocycles. The van der Waals surface area contributed by atoms with E-state index in [1.807, 2.05) is 6.92 Å². The number of piperidine rings is 1. The average molecular weight is 355 g/mol. The fourth-order valence-electron chi connectivity index (χ4n) is 3.40. The first-order valence-corrected chi connectivity index (χ1v) is 8.54. The molecule has 2 aliphatic rings. The van der Waals surface area contributed by atoms with E-state index in [-0.39, 0.29) is 13.2 Å². The van der Waals surface area contributed by atoms with Crippen molar-refractivity contribution < 1.29 is 28.8 Å². The van der Waals surface area contributed by atoms with Crippen LogP contribution in [0, 0.1) is 11.3 Å². The number of carbonyl (C=O) groups is 4. The van der Waals surface area contributed by atoms with Crippen molar-refractivity contribution in [2.45, 2.75) is 32.6 Å². The highest BCUT2D eigenvalue weighted by Crippen LogP contribution is 2.45. The molecule has 2 N–H and O–H groups in total. The van der Waals surface area contributed by atoms with E-state index in [9.17, 15) is 19.2 Å². The molecule has 0 aromatic heterocycles. The summed E-state index contributed by atoms with van der Waals surface area (Å²) in [6.45, 7) is 2.94. The molecule has 1 unspecified atom stereocenters. The third-order valence-electron chi connectivity index (χ3n) is 4.75. The molecule has 3 amide bonds. The topological polar surface area (TPSA) is 114 Å². The molecule has 0 radical (unpaired) electrons. The molecule has 0 bridgehead atoms. The van der Waals surface area contributed by atoms with Crippen LogP contribution in [0.5, 0.6) is 0 Å². The maximum atomic E-state index is 12.6. The van der Waals surface area contributed by atoms with Crippen molar-refractivity contribution in [2.24, 2.45) is 11.3 Å². The summed E-state index contributed by atoms with van der Waals surface area (Å²) < 4.78 is 4.92. The molecule has 25 heavy (non-hydrogen) atoms. The Morgan fingerprint density at radius 2 is 2.00 bits per heavy atom. The molecule has 9 heteroatoms. The summed E-state index contributed by atoms with van der Waals surface area (Å²) in [6, 6.07) is 0. The summed E-state index contributed by atoms with van der Waals surface area (Å²) in [5.74, 6) is -2.80. The zero-order valence-electron chi connectivity index (χ0n) is 14.6. The molecule has 140 valence electrons. The van der Waals surface area contributed by atoms with E-state index >= 15 is 0 Å². The zero-order chi connectivity index (χ0) is 18.4. The number of carbonyl (C=O) groups excluding carboxylic acids is 4. The fraction of sp³-hybridized carbons (Fsp3) is 0.750. The molecule has 1 atom stereocenters. The lowest BCUT2D eigenvalue weighted by molar-refractivity contribution is -0.183. The minimum Gasteiger partial charge on any atom is -0.450 e. The third-order valence-corrected chi connectivity index (χ3v) is 4.75. The first-order valence-electron chi connectivity index (χ1n) is 8.54. The Balaban J connectivity index is 2.06. The minimum atomic E-state index is -1.14. The van der Waals surface area contributed by atoms with Crippen LogP contribution in [0.2, 0.25) is 0 Å². The monoisotopic (exact) mass is 355 g/mol. The van der Waals surface area contributed by atoms with Crippen LogP contribution in [0.1, 0.15) is 32.6 Å². The van der Waals surface area contributed by atoms with E-state index in [2.05, 4.69) is 10.6 Å². The number of rotatable bonds is 7. The van der Waals surface area contributed by atoms with E-state index in [0.717, 1.165) is 12.8 Å². The van der Waals surface area contributed by atoms with Gasteiger partial charge < -0.3 is 15.4 Å². The minimum absolute atomic E-state index is 0.268. The second-order valence-corrected chi connectivity index (χ2v) is 6.27. The maximum Gasteiger partial charge on any atom is 0.407 e. The highest BCUT2D eigenvalue weighted by molar-refractivity contribution is 6.17. The summed E-state index contributed by atoms with van der Waals surface area (Å²) in [4.78, 5) is 54.2. The second kappa shape index (κ2) is 8.39. The molecular formula is C16H25N3O6. The van der Waals surface area contributed by atoms with Crippen LogP contribution in [-0.4, -0.2) is 62.1 Å². The number of imide groups is 1. The number of hydroxylamine groups is 2. The van der Waals surface area contributed by atoms with E-state index in [1.165, 1.54) is 7.11 Å². The summed E-state index contributed by atoms with van der Waals surface area (Å²) in [5, 5.41) is 6.15. The van der Waals surface area contributed by atoms with Gasteiger partial charge in [-0.3, -0.25) is 19.2 Å². The van der Waals surface area contributed by atoms with Gasteiger partial charge in [0.2, 0.25) is 0 Å². The first kappa shape index (κ1) is 19.3. The van der Waals surface area contributed by atoms with Crippen LogP contribution in [0.3, 0.4) is 0 Å². The van der Waals surface area contributed by atoms with Crippen LogP contribution in [0.4, 0.5) is 4.79 Å². The smallest absolute Gasteiger partial charge is 0.407 e. The molecule has 2 fully saturated rings. The number of alkyl carbamates (subject to hydrolysis) is 1. The van der Waals surface area contributed by atoms with Crippen molar-refractivity contribution >= 4 is 23.7 Å². The highest BCUT2D eigenvalue weighted by Gasteiger charge is 2.62. The third kappa shape index (κ3) is 3.82. The quantitative estimate of drug-likeness (QED) is 0.375. The Bertz CT molecular complexity index is 544. The van der Waals surface area contributed by atoms with Crippen LogP contribution < -0.4 is 10.6 Å². The van der Waals surface area contributed by atoms with Crippen LogP contribution >= 0.6 is 0 Å². The number of amides is 3. The first-order chi connectivity index (χ1) is 12.0.